The summed E-state index contributed by atoms with van der Waals surface area (Å²) in [5, 5.41) is 0. The van der Waals surface area contributed by atoms with Crippen LogP contribution in [0.5, 0.6) is 0 Å². The van der Waals surface area contributed by atoms with Crippen LogP contribution >= 0.6 is 0 Å². The van der Waals surface area contributed by atoms with Crippen LogP contribution in [0.3, 0.4) is 0 Å². The molecule has 0 radical (unpaired) electrons. The number of allylic oxidation sites excluding steroid dienone is 1. The third-order valence-electron chi connectivity index (χ3n) is 2.32. The van der Waals surface area contributed by atoms with Crippen LogP contribution in [0.1, 0.15) is 45.4 Å². The highest BCUT2D eigenvalue weighted by atomic mass is 14.6. The summed E-state index contributed by atoms with van der Waals surface area (Å²) < 4.78 is 0. The van der Waals surface area contributed by atoms with Crippen molar-refractivity contribution in [1.29, 1.82) is 0 Å². The highest BCUT2D eigenvalue weighted by Crippen LogP contribution is 2.22. The van der Waals surface area contributed by atoms with E-state index in [0.29, 0.717) is 6.04 Å². The van der Waals surface area contributed by atoms with Crippen LogP contribution in [-0.4, -0.2) is 6.04 Å². The van der Waals surface area contributed by atoms with E-state index in [2.05, 4.69) is 13.0 Å². The Balaban J connectivity index is 2.32. The van der Waals surface area contributed by atoms with Gasteiger partial charge in [0.15, 0.2) is 0 Å². The van der Waals surface area contributed by atoms with E-state index in [1.54, 1.807) is 5.57 Å². The van der Waals surface area contributed by atoms with Crippen LogP contribution in [0.4, 0.5) is 0 Å². The van der Waals surface area contributed by atoms with E-state index in [0.717, 1.165) is 6.42 Å². The molecule has 0 saturated heterocycles. The summed E-state index contributed by atoms with van der Waals surface area (Å²) >= 11 is 0. The molecular weight excluding hydrogens is 134 g/mol. The zero-order chi connectivity index (χ0) is 8.10. The predicted octanol–water partition coefficient (Wildman–Crippen LogP) is 2.61. The zero-order valence-electron chi connectivity index (χ0n) is 7.47. The minimum absolute atomic E-state index is 0.451. The normalized spacial score (nSPS) is 29.3. The highest BCUT2D eigenvalue weighted by molar-refractivity contribution is 5.06. The lowest BCUT2D eigenvalue weighted by Gasteiger charge is -2.20. The van der Waals surface area contributed by atoms with E-state index in [1.807, 2.05) is 0 Å². The van der Waals surface area contributed by atoms with Gasteiger partial charge in [0.25, 0.3) is 0 Å². The molecule has 1 aliphatic carbocycles. The molecule has 1 saturated carbocycles. The van der Waals surface area contributed by atoms with Crippen molar-refractivity contribution in [2.45, 2.75) is 51.5 Å². The van der Waals surface area contributed by atoms with Gasteiger partial charge in [-0.05, 0) is 32.1 Å². The summed E-state index contributed by atoms with van der Waals surface area (Å²) in [4.78, 5) is 0. The smallest absolute Gasteiger partial charge is 0.00761 e. The van der Waals surface area contributed by atoms with E-state index in [9.17, 15) is 0 Å². The largest absolute Gasteiger partial charge is 0.327 e. The van der Waals surface area contributed by atoms with Gasteiger partial charge in [0.05, 0.1) is 0 Å². The molecule has 64 valence electrons. The first kappa shape index (κ1) is 8.79. The average Bonchev–Trinajstić information content (AvgIpc) is 2.01. The summed E-state index contributed by atoms with van der Waals surface area (Å²) in [5.41, 5.74) is 7.46. The Kier molecular flexibility index (Phi) is 3.64. The van der Waals surface area contributed by atoms with Crippen molar-refractivity contribution < 1.29 is 0 Å². The summed E-state index contributed by atoms with van der Waals surface area (Å²) in [6.07, 6.45) is 9.87. The molecule has 0 aromatic carbocycles. The molecule has 0 bridgehead atoms. The van der Waals surface area contributed by atoms with E-state index in [4.69, 9.17) is 5.73 Å². The summed E-state index contributed by atoms with van der Waals surface area (Å²) in [5.74, 6) is 0. The molecule has 1 rings (SSSR count). The molecule has 2 N–H and O–H groups in total. The fourth-order valence-electron chi connectivity index (χ4n) is 1.67. The second-order valence-corrected chi connectivity index (χ2v) is 3.51. The van der Waals surface area contributed by atoms with E-state index >= 15 is 0 Å². The van der Waals surface area contributed by atoms with E-state index < -0.39 is 0 Å². The number of hydrogen-bond acceptors (Lipinski definition) is 1. The Hall–Kier alpha value is -0.300. The van der Waals surface area contributed by atoms with Crippen LogP contribution in [0.25, 0.3) is 0 Å². The maximum Gasteiger partial charge on any atom is 0.00761 e. The molecule has 0 spiro atoms. The minimum atomic E-state index is 0.451. The molecule has 1 atom stereocenters. The molecule has 1 fully saturated rings. The number of unbranched alkanes of at least 4 members (excludes halogenated alkanes) is 1. The fraction of sp³-hybridized carbons (Fsp3) is 0.800. The number of hydrogen-bond donors (Lipinski definition) is 1. The topological polar surface area (TPSA) is 26.0 Å². The molecule has 1 heteroatoms. The molecule has 0 heterocycles. The van der Waals surface area contributed by atoms with Crippen molar-refractivity contribution in [3.8, 4) is 0 Å². The molecule has 0 aromatic heterocycles. The van der Waals surface area contributed by atoms with Crippen LogP contribution in [0, 0.1) is 0 Å². The predicted molar refractivity (Wildman–Crippen MR) is 49.4 cm³/mol. The first-order chi connectivity index (χ1) is 5.33. The van der Waals surface area contributed by atoms with Gasteiger partial charge in [-0.3, -0.25) is 0 Å². The molecule has 0 aliphatic heterocycles. The molecule has 0 amide bonds. The second kappa shape index (κ2) is 4.55. The first-order valence-electron chi connectivity index (χ1n) is 4.76. The van der Waals surface area contributed by atoms with Gasteiger partial charge in [0.2, 0.25) is 0 Å². The Morgan fingerprint density at radius 2 is 2.45 bits per heavy atom. The Morgan fingerprint density at radius 3 is 3.09 bits per heavy atom. The van der Waals surface area contributed by atoms with Crippen molar-refractivity contribution in [2.75, 3.05) is 0 Å². The lowest BCUT2D eigenvalue weighted by Crippen LogP contribution is -2.23. The monoisotopic (exact) mass is 153 g/mol. The Morgan fingerprint density at radius 1 is 1.64 bits per heavy atom. The van der Waals surface area contributed by atoms with Crippen LogP contribution in [-0.2, 0) is 0 Å². The Bertz CT molecular complexity index is 138. The number of rotatable bonds is 2. The van der Waals surface area contributed by atoms with Gasteiger partial charge < -0.3 is 5.73 Å². The van der Waals surface area contributed by atoms with Crippen molar-refractivity contribution in [2.24, 2.45) is 5.73 Å². The Labute approximate surface area is 69.7 Å². The summed E-state index contributed by atoms with van der Waals surface area (Å²) in [6, 6.07) is 0.451. The molecule has 1 nitrogen and oxygen atoms in total. The average molecular weight is 153 g/mol. The minimum Gasteiger partial charge on any atom is -0.327 e. The lowest BCUT2D eigenvalue weighted by atomic mass is 9.90. The highest BCUT2D eigenvalue weighted by Gasteiger charge is 2.11. The summed E-state index contributed by atoms with van der Waals surface area (Å²) in [6.45, 7) is 2.22. The second-order valence-electron chi connectivity index (χ2n) is 3.51. The molecular formula is C10H19N. The van der Waals surface area contributed by atoms with Crippen molar-refractivity contribution in [3.63, 3.8) is 0 Å². The van der Waals surface area contributed by atoms with Gasteiger partial charge in [0.1, 0.15) is 0 Å². The van der Waals surface area contributed by atoms with Gasteiger partial charge in [-0.25, -0.2) is 0 Å². The molecule has 1 aliphatic rings. The standard InChI is InChI=1S/C10H19N/c1-2-3-5-9-6-4-7-10(11)8-9/h5,10H,2-4,6-8,11H2,1H3. The van der Waals surface area contributed by atoms with Crippen LogP contribution in [0.2, 0.25) is 0 Å². The quantitative estimate of drug-likeness (QED) is 0.606. The molecule has 0 aromatic rings. The van der Waals surface area contributed by atoms with Crippen molar-refractivity contribution >= 4 is 0 Å². The van der Waals surface area contributed by atoms with Crippen molar-refractivity contribution in [3.05, 3.63) is 11.6 Å². The molecule has 1 unspecified atom stereocenters. The number of nitrogens with two attached hydrogens (primary N) is 1. The third-order valence-corrected chi connectivity index (χ3v) is 2.32. The van der Waals surface area contributed by atoms with Gasteiger partial charge in [0, 0.05) is 6.04 Å². The summed E-state index contributed by atoms with van der Waals surface area (Å²) in [7, 11) is 0. The molecule has 11 heavy (non-hydrogen) atoms. The SMILES string of the molecule is CCCC=C1CCCC(N)C1. The third kappa shape index (κ3) is 3.06. The maximum atomic E-state index is 5.86. The lowest BCUT2D eigenvalue weighted by molar-refractivity contribution is 0.515. The van der Waals surface area contributed by atoms with Gasteiger partial charge >= 0.3 is 0 Å². The van der Waals surface area contributed by atoms with Gasteiger partial charge in [-0.2, -0.15) is 0 Å². The van der Waals surface area contributed by atoms with Gasteiger partial charge in [-0.15, -0.1) is 0 Å². The van der Waals surface area contributed by atoms with Crippen molar-refractivity contribution in [1.82, 2.24) is 0 Å². The van der Waals surface area contributed by atoms with E-state index in [1.165, 1.54) is 32.1 Å². The van der Waals surface area contributed by atoms with Crippen LogP contribution < -0.4 is 5.73 Å². The zero-order valence-corrected chi connectivity index (χ0v) is 7.47. The maximum absolute atomic E-state index is 5.86. The van der Waals surface area contributed by atoms with Gasteiger partial charge in [-0.1, -0.05) is 25.0 Å². The van der Waals surface area contributed by atoms with E-state index in [-0.39, 0.29) is 0 Å². The fourth-order valence-corrected chi connectivity index (χ4v) is 1.67. The van der Waals surface area contributed by atoms with Crippen LogP contribution in [0.15, 0.2) is 11.6 Å². The first-order valence-corrected chi connectivity index (χ1v) is 4.76.